The van der Waals surface area contributed by atoms with Crippen molar-refractivity contribution in [2.75, 3.05) is 0 Å². The lowest BCUT2D eigenvalue weighted by atomic mass is 9.93. The molecule has 0 amide bonds. The van der Waals surface area contributed by atoms with E-state index < -0.39 is 0 Å². The third-order valence-electron chi connectivity index (χ3n) is 5.26. The van der Waals surface area contributed by atoms with Gasteiger partial charge in [-0.25, -0.2) is 0 Å². The molecule has 4 aromatic carbocycles. The average molecular weight is 353 g/mol. The van der Waals surface area contributed by atoms with Crippen molar-refractivity contribution in [3.63, 3.8) is 0 Å². The highest BCUT2D eigenvalue weighted by atomic mass is 32.1. The van der Waals surface area contributed by atoms with Gasteiger partial charge in [0, 0.05) is 20.2 Å². The molecule has 5 rings (SSSR count). The Bertz CT molecular complexity index is 1260. The summed E-state index contributed by atoms with van der Waals surface area (Å²) >= 11 is 1.88. The van der Waals surface area contributed by atoms with Crippen LogP contribution >= 0.6 is 11.3 Å². The van der Waals surface area contributed by atoms with Crippen LogP contribution in [0.3, 0.4) is 0 Å². The Kier molecular flexibility index (Phi) is 3.58. The number of hydrogen-bond acceptors (Lipinski definition) is 1. The van der Waals surface area contributed by atoms with Gasteiger partial charge in [-0.15, -0.1) is 11.3 Å². The van der Waals surface area contributed by atoms with Crippen LogP contribution in [0.4, 0.5) is 0 Å². The second-order valence-electron chi connectivity index (χ2n) is 7.25. The first kappa shape index (κ1) is 15.6. The quantitative estimate of drug-likeness (QED) is 0.302. The molecule has 0 spiro atoms. The number of thiophene rings is 1. The Balaban J connectivity index is 1.76. The second kappa shape index (κ2) is 5.96. The SMILES string of the molecule is CC(C)c1ccc2cccc(-c3ccc4c(c3)sc3ccccc34)c2c1. The van der Waals surface area contributed by atoms with Crippen LogP contribution in [0, 0.1) is 0 Å². The highest BCUT2D eigenvalue weighted by Gasteiger charge is 2.09. The van der Waals surface area contributed by atoms with Crippen molar-refractivity contribution in [2.24, 2.45) is 0 Å². The van der Waals surface area contributed by atoms with Gasteiger partial charge in [0.25, 0.3) is 0 Å². The molecule has 5 aromatic rings. The Morgan fingerprint density at radius 2 is 1.50 bits per heavy atom. The molecule has 1 heterocycles. The molecule has 0 unspecified atom stereocenters. The summed E-state index contributed by atoms with van der Waals surface area (Å²) in [6.45, 7) is 4.51. The van der Waals surface area contributed by atoms with Crippen molar-refractivity contribution in [3.05, 3.63) is 84.4 Å². The minimum absolute atomic E-state index is 0.539. The van der Waals surface area contributed by atoms with Gasteiger partial charge in [-0.2, -0.15) is 0 Å². The van der Waals surface area contributed by atoms with Gasteiger partial charge in [-0.3, -0.25) is 0 Å². The molecule has 0 bridgehead atoms. The lowest BCUT2D eigenvalue weighted by Crippen LogP contribution is -1.88. The Labute approximate surface area is 157 Å². The van der Waals surface area contributed by atoms with E-state index in [1.54, 1.807) is 0 Å². The summed E-state index contributed by atoms with van der Waals surface area (Å²) in [7, 11) is 0. The number of benzene rings is 4. The zero-order valence-corrected chi connectivity index (χ0v) is 15.8. The smallest absolute Gasteiger partial charge is 0.0361 e. The molecule has 0 atom stereocenters. The molecule has 26 heavy (non-hydrogen) atoms. The standard InChI is InChI=1S/C25H20S/c1-16(2)18-11-10-17-6-5-8-20(23(17)14-18)19-12-13-22-21-7-3-4-9-24(21)26-25(22)15-19/h3-16H,1-2H3. The van der Waals surface area contributed by atoms with Gasteiger partial charge in [0.2, 0.25) is 0 Å². The Morgan fingerprint density at radius 3 is 2.38 bits per heavy atom. The molecule has 0 saturated carbocycles. The summed E-state index contributed by atoms with van der Waals surface area (Å²) in [6, 6.07) is 29.1. The summed E-state index contributed by atoms with van der Waals surface area (Å²) < 4.78 is 2.72. The van der Waals surface area contributed by atoms with Gasteiger partial charge >= 0.3 is 0 Å². The molecule has 0 aliphatic heterocycles. The first-order chi connectivity index (χ1) is 12.7. The van der Waals surface area contributed by atoms with E-state index in [1.807, 2.05) is 11.3 Å². The van der Waals surface area contributed by atoms with Gasteiger partial charge in [0.05, 0.1) is 0 Å². The summed E-state index contributed by atoms with van der Waals surface area (Å²) in [4.78, 5) is 0. The first-order valence-corrected chi connectivity index (χ1v) is 9.97. The molecule has 0 N–H and O–H groups in total. The molecular formula is C25H20S. The molecule has 126 valence electrons. The molecule has 0 radical (unpaired) electrons. The molecule has 1 aromatic heterocycles. The maximum Gasteiger partial charge on any atom is 0.0361 e. The number of hydrogen-bond donors (Lipinski definition) is 0. The van der Waals surface area contributed by atoms with Crippen molar-refractivity contribution in [1.82, 2.24) is 0 Å². The van der Waals surface area contributed by atoms with Crippen molar-refractivity contribution in [2.45, 2.75) is 19.8 Å². The minimum Gasteiger partial charge on any atom is -0.135 e. The van der Waals surface area contributed by atoms with E-state index in [2.05, 4.69) is 92.7 Å². The molecule has 0 aliphatic carbocycles. The molecular weight excluding hydrogens is 332 g/mol. The molecule has 0 fully saturated rings. The molecule has 0 nitrogen and oxygen atoms in total. The van der Waals surface area contributed by atoms with E-state index in [0.717, 1.165) is 0 Å². The number of fused-ring (bicyclic) bond motifs is 4. The topological polar surface area (TPSA) is 0 Å². The van der Waals surface area contributed by atoms with Crippen LogP contribution < -0.4 is 0 Å². The normalized spacial score (nSPS) is 11.8. The van der Waals surface area contributed by atoms with Crippen molar-refractivity contribution in [3.8, 4) is 11.1 Å². The lowest BCUT2D eigenvalue weighted by molar-refractivity contribution is 0.869. The van der Waals surface area contributed by atoms with Crippen LogP contribution in [0.5, 0.6) is 0 Å². The monoisotopic (exact) mass is 352 g/mol. The van der Waals surface area contributed by atoms with E-state index in [0.29, 0.717) is 5.92 Å². The maximum absolute atomic E-state index is 2.37. The molecule has 1 heteroatoms. The van der Waals surface area contributed by atoms with Crippen LogP contribution in [-0.2, 0) is 0 Å². The second-order valence-corrected chi connectivity index (χ2v) is 8.33. The van der Waals surface area contributed by atoms with Gasteiger partial charge in [0.1, 0.15) is 0 Å². The third kappa shape index (κ3) is 2.43. The summed E-state index contributed by atoms with van der Waals surface area (Å²) in [5, 5.41) is 5.37. The fourth-order valence-corrected chi connectivity index (χ4v) is 4.94. The fourth-order valence-electron chi connectivity index (χ4n) is 3.79. The van der Waals surface area contributed by atoms with E-state index in [1.165, 1.54) is 47.6 Å². The lowest BCUT2D eigenvalue weighted by Gasteiger charge is -2.11. The minimum atomic E-state index is 0.539. The van der Waals surface area contributed by atoms with E-state index in [4.69, 9.17) is 0 Å². The van der Waals surface area contributed by atoms with Gasteiger partial charge in [-0.05, 0) is 45.5 Å². The van der Waals surface area contributed by atoms with Crippen LogP contribution in [-0.4, -0.2) is 0 Å². The number of rotatable bonds is 2. The predicted molar refractivity (Wildman–Crippen MR) is 116 cm³/mol. The van der Waals surface area contributed by atoms with E-state index >= 15 is 0 Å². The summed E-state index contributed by atoms with van der Waals surface area (Å²) in [6.07, 6.45) is 0. The van der Waals surface area contributed by atoms with Gasteiger partial charge in [-0.1, -0.05) is 80.6 Å². The summed E-state index contributed by atoms with van der Waals surface area (Å²) in [5.41, 5.74) is 4.02. The fraction of sp³-hybridized carbons (Fsp3) is 0.120. The third-order valence-corrected chi connectivity index (χ3v) is 6.40. The van der Waals surface area contributed by atoms with Gasteiger partial charge < -0.3 is 0 Å². The highest BCUT2D eigenvalue weighted by molar-refractivity contribution is 7.25. The van der Waals surface area contributed by atoms with Crippen molar-refractivity contribution < 1.29 is 0 Å². The predicted octanol–water partition coefficient (Wildman–Crippen LogP) is 8.00. The first-order valence-electron chi connectivity index (χ1n) is 9.15. The van der Waals surface area contributed by atoms with E-state index in [9.17, 15) is 0 Å². The van der Waals surface area contributed by atoms with Crippen LogP contribution in [0.15, 0.2) is 78.9 Å². The zero-order valence-electron chi connectivity index (χ0n) is 15.0. The largest absolute Gasteiger partial charge is 0.135 e. The molecule has 0 saturated heterocycles. The maximum atomic E-state index is 2.37. The van der Waals surface area contributed by atoms with Crippen LogP contribution in [0.25, 0.3) is 42.1 Å². The Morgan fingerprint density at radius 1 is 0.654 bits per heavy atom. The zero-order chi connectivity index (χ0) is 17.7. The van der Waals surface area contributed by atoms with Crippen molar-refractivity contribution in [1.29, 1.82) is 0 Å². The van der Waals surface area contributed by atoms with Crippen molar-refractivity contribution >= 4 is 42.3 Å². The summed E-state index contributed by atoms with van der Waals surface area (Å²) in [5.74, 6) is 0.539. The Hall–Kier alpha value is -2.64. The van der Waals surface area contributed by atoms with Crippen LogP contribution in [0.2, 0.25) is 0 Å². The average Bonchev–Trinajstić information content (AvgIpc) is 3.04. The van der Waals surface area contributed by atoms with Crippen LogP contribution in [0.1, 0.15) is 25.3 Å². The van der Waals surface area contributed by atoms with Gasteiger partial charge in [0.15, 0.2) is 0 Å². The highest BCUT2D eigenvalue weighted by Crippen LogP contribution is 2.38. The van der Waals surface area contributed by atoms with E-state index in [-0.39, 0.29) is 0 Å². The molecule has 0 aliphatic rings.